The van der Waals surface area contributed by atoms with E-state index in [1.807, 2.05) is 18.2 Å². The van der Waals surface area contributed by atoms with Crippen molar-refractivity contribution in [3.63, 3.8) is 0 Å². The zero-order chi connectivity index (χ0) is 15.1. The predicted octanol–water partition coefficient (Wildman–Crippen LogP) is 3.30. The summed E-state index contributed by atoms with van der Waals surface area (Å²) in [7, 11) is 0. The number of amides is 1. The van der Waals surface area contributed by atoms with Crippen LogP contribution in [0.1, 0.15) is 37.7 Å². The Morgan fingerprint density at radius 2 is 2.05 bits per heavy atom. The molecule has 0 bridgehead atoms. The van der Waals surface area contributed by atoms with E-state index in [-0.39, 0.29) is 12.6 Å². The van der Waals surface area contributed by atoms with Gasteiger partial charge in [0.05, 0.1) is 6.10 Å². The number of carbonyl (C=O) groups is 1. The molecule has 1 aliphatic carbocycles. The van der Waals surface area contributed by atoms with Crippen LogP contribution in [0.15, 0.2) is 24.3 Å². The minimum absolute atomic E-state index is 0.0273. The van der Waals surface area contributed by atoms with Gasteiger partial charge in [0.15, 0.2) is 0 Å². The minimum atomic E-state index is -0.677. The van der Waals surface area contributed by atoms with Crippen LogP contribution < -0.4 is 5.32 Å². The van der Waals surface area contributed by atoms with Gasteiger partial charge in [0.25, 0.3) is 0 Å². The van der Waals surface area contributed by atoms with Gasteiger partial charge in [-0.05, 0) is 37.3 Å². The first-order valence-electron chi connectivity index (χ1n) is 7.51. The molecule has 1 saturated carbocycles. The topological polar surface area (TPSA) is 58.6 Å². The van der Waals surface area contributed by atoms with Gasteiger partial charge in [-0.3, -0.25) is 0 Å². The number of halogens is 1. The molecule has 2 N–H and O–H groups in total. The van der Waals surface area contributed by atoms with Crippen molar-refractivity contribution in [2.24, 2.45) is 0 Å². The summed E-state index contributed by atoms with van der Waals surface area (Å²) in [6.07, 6.45) is 4.65. The Kier molecular flexibility index (Phi) is 6.33. The van der Waals surface area contributed by atoms with Gasteiger partial charge >= 0.3 is 6.09 Å². The molecule has 0 aromatic heterocycles. The Balaban J connectivity index is 1.69. The van der Waals surface area contributed by atoms with E-state index in [0.717, 1.165) is 31.2 Å². The Morgan fingerprint density at radius 3 is 2.76 bits per heavy atom. The fraction of sp³-hybridized carbons (Fsp3) is 0.562. The smallest absolute Gasteiger partial charge is 0.407 e. The molecule has 1 fully saturated rings. The van der Waals surface area contributed by atoms with Crippen molar-refractivity contribution in [3.05, 3.63) is 34.9 Å². The van der Waals surface area contributed by atoms with E-state index in [1.54, 1.807) is 6.07 Å². The first kappa shape index (κ1) is 16.1. The number of nitrogens with one attached hydrogen (secondary N) is 1. The van der Waals surface area contributed by atoms with Crippen LogP contribution in [0.25, 0.3) is 0 Å². The SMILES string of the molecule is O=C(NC[C@@H](O)Cc1ccccc1Cl)OC1CCCCC1. The summed E-state index contributed by atoms with van der Waals surface area (Å²) in [5.41, 5.74) is 0.870. The predicted molar refractivity (Wildman–Crippen MR) is 82.5 cm³/mol. The van der Waals surface area contributed by atoms with Gasteiger partial charge in [0.1, 0.15) is 6.10 Å². The Morgan fingerprint density at radius 1 is 1.33 bits per heavy atom. The molecule has 0 heterocycles. The number of carbonyl (C=O) groups excluding carboxylic acids is 1. The second-order valence-corrected chi connectivity index (χ2v) is 5.90. The summed E-state index contributed by atoms with van der Waals surface area (Å²) in [6.45, 7) is 0.163. The van der Waals surface area contributed by atoms with Gasteiger partial charge in [-0.15, -0.1) is 0 Å². The Bertz CT molecular complexity index is 461. The molecule has 1 amide bonds. The molecule has 4 nitrogen and oxygen atoms in total. The van der Waals surface area contributed by atoms with Crippen molar-refractivity contribution in [2.75, 3.05) is 6.54 Å². The average molecular weight is 312 g/mol. The van der Waals surface area contributed by atoms with Crippen LogP contribution in [0.2, 0.25) is 5.02 Å². The molecule has 21 heavy (non-hydrogen) atoms. The van der Waals surface area contributed by atoms with E-state index < -0.39 is 12.2 Å². The largest absolute Gasteiger partial charge is 0.446 e. The summed E-state index contributed by atoms with van der Waals surface area (Å²) < 4.78 is 5.33. The maximum absolute atomic E-state index is 11.7. The zero-order valence-corrected chi connectivity index (χ0v) is 12.8. The summed E-state index contributed by atoms with van der Waals surface area (Å²) in [4.78, 5) is 11.7. The number of hydrogen-bond acceptors (Lipinski definition) is 3. The minimum Gasteiger partial charge on any atom is -0.446 e. The second kappa shape index (κ2) is 8.25. The van der Waals surface area contributed by atoms with Crippen molar-refractivity contribution < 1.29 is 14.6 Å². The molecular weight excluding hydrogens is 290 g/mol. The summed E-state index contributed by atoms with van der Waals surface area (Å²) >= 11 is 6.04. The fourth-order valence-electron chi connectivity index (χ4n) is 2.57. The Hall–Kier alpha value is -1.26. The zero-order valence-electron chi connectivity index (χ0n) is 12.1. The van der Waals surface area contributed by atoms with E-state index in [4.69, 9.17) is 16.3 Å². The summed E-state index contributed by atoms with van der Waals surface area (Å²) in [5, 5.41) is 13.2. The van der Waals surface area contributed by atoms with Crippen molar-refractivity contribution in [1.29, 1.82) is 0 Å². The molecule has 0 unspecified atom stereocenters. The molecule has 0 saturated heterocycles. The molecule has 5 heteroatoms. The van der Waals surface area contributed by atoms with Crippen molar-refractivity contribution in [1.82, 2.24) is 5.32 Å². The quantitative estimate of drug-likeness (QED) is 0.877. The molecule has 1 aromatic carbocycles. The van der Waals surface area contributed by atoms with Gasteiger partial charge in [-0.2, -0.15) is 0 Å². The van der Waals surface area contributed by atoms with Gasteiger partial charge in [0, 0.05) is 18.0 Å². The maximum atomic E-state index is 11.7. The van der Waals surface area contributed by atoms with Crippen LogP contribution in [-0.4, -0.2) is 30.0 Å². The molecule has 0 spiro atoms. The van der Waals surface area contributed by atoms with Crippen LogP contribution in [-0.2, 0) is 11.2 Å². The highest BCUT2D eigenvalue weighted by Crippen LogP contribution is 2.20. The molecule has 1 aromatic rings. The van der Waals surface area contributed by atoms with Gasteiger partial charge in [-0.1, -0.05) is 36.2 Å². The normalized spacial score (nSPS) is 17.2. The fourth-order valence-corrected chi connectivity index (χ4v) is 2.78. The van der Waals surface area contributed by atoms with Crippen LogP contribution >= 0.6 is 11.6 Å². The number of alkyl carbamates (subject to hydrolysis) is 1. The van der Waals surface area contributed by atoms with E-state index in [9.17, 15) is 9.90 Å². The summed E-state index contributed by atoms with van der Waals surface area (Å²) in [6, 6.07) is 7.37. The number of ether oxygens (including phenoxy) is 1. The van der Waals surface area contributed by atoms with E-state index in [0.29, 0.717) is 11.4 Å². The van der Waals surface area contributed by atoms with Crippen LogP contribution in [0.4, 0.5) is 4.79 Å². The standard InChI is InChI=1S/C16H22ClNO3/c17-15-9-5-4-6-12(15)10-13(19)11-18-16(20)21-14-7-2-1-3-8-14/h4-6,9,13-14,19H,1-3,7-8,10-11H2,(H,18,20)/t13-/m0/s1. The summed E-state index contributed by atoms with van der Waals surface area (Å²) in [5.74, 6) is 0. The van der Waals surface area contributed by atoms with Crippen LogP contribution in [0, 0.1) is 0 Å². The highest BCUT2D eigenvalue weighted by Gasteiger charge is 2.18. The van der Waals surface area contributed by atoms with Gasteiger partial charge < -0.3 is 15.2 Å². The average Bonchev–Trinajstić information content (AvgIpc) is 2.49. The maximum Gasteiger partial charge on any atom is 0.407 e. The molecule has 2 rings (SSSR count). The van der Waals surface area contributed by atoms with Gasteiger partial charge in [-0.25, -0.2) is 4.79 Å². The van der Waals surface area contributed by atoms with E-state index >= 15 is 0 Å². The first-order valence-corrected chi connectivity index (χ1v) is 7.89. The van der Waals surface area contributed by atoms with Gasteiger partial charge in [0.2, 0.25) is 0 Å². The monoisotopic (exact) mass is 311 g/mol. The third-order valence-electron chi connectivity index (χ3n) is 3.72. The lowest BCUT2D eigenvalue weighted by Crippen LogP contribution is -2.36. The molecule has 1 aliphatic rings. The molecule has 0 aliphatic heterocycles. The number of hydrogen-bond donors (Lipinski definition) is 2. The van der Waals surface area contributed by atoms with Crippen molar-refractivity contribution >= 4 is 17.7 Å². The van der Waals surface area contributed by atoms with E-state index in [1.165, 1.54) is 6.42 Å². The highest BCUT2D eigenvalue weighted by molar-refractivity contribution is 6.31. The number of benzene rings is 1. The molecule has 1 atom stereocenters. The third kappa shape index (κ3) is 5.56. The van der Waals surface area contributed by atoms with Crippen LogP contribution in [0.5, 0.6) is 0 Å². The number of aliphatic hydroxyl groups is 1. The molecule has 0 radical (unpaired) electrons. The second-order valence-electron chi connectivity index (χ2n) is 5.50. The van der Waals surface area contributed by atoms with Crippen molar-refractivity contribution in [2.45, 2.75) is 50.7 Å². The third-order valence-corrected chi connectivity index (χ3v) is 4.09. The molecular formula is C16H22ClNO3. The lowest BCUT2D eigenvalue weighted by atomic mass is 9.98. The first-order chi connectivity index (χ1) is 10.1. The molecule has 116 valence electrons. The van der Waals surface area contributed by atoms with Crippen LogP contribution in [0.3, 0.4) is 0 Å². The highest BCUT2D eigenvalue weighted by atomic mass is 35.5. The lowest BCUT2D eigenvalue weighted by molar-refractivity contribution is 0.0708. The number of rotatable bonds is 5. The number of aliphatic hydroxyl groups excluding tert-OH is 1. The lowest BCUT2D eigenvalue weighted by Gasteiger charge is -2.22. The van der Waals surface area contributed by atoms with Crippen molar-refractivity contribution in [3.8, 4) is 0 Å². The Labute approximate surface area is 130 Å². The van der Waals surface area contributed by atoms with E-state index in [2.05, 4.69) is 5.32 Å².